The maximum atomic E-state index is 12.5. The van der Waals surface area contributed by atoms with Crippen molar-refractivity contribution in [2.24, 2.45) is 0 Å². The van der Waals surface area contributed by atoms with E-state index in [1.807, 2.05) is 11.4 Å². The van der Waals surface area contributed by atoms with E-state index in [9.17, 15) is 19.2 Å². The van der Waals surface area contributed by atoms with Gasteiger partial charge in [-0.2, -0.15) is 0 Å². The zero-order chi connectivity index (χ0) is 18.0. The van der Waals surface area contributed by atoms with Crippen molar-refractivity contribution in [1.82, 2.24) is 15.5 Å². The Morgan fingerprint density at radius 1 is 1.44 bits per heavy atom. The normalized spacial score (nSPS) is 20.5. The first-order valence-electron chi connectivity index (χ1n) is 8.09. The van der Waals surface area contributed by atoms with E-state index in [1.54, 1.807) is 23.2 Å². The van der Waals surface area contributed by atoms with Gasteiger partial charge in [0.2, 0.25) is 0 Å². The molecule has 0 spiro atoms. The molecule has 0 bridgehead atoms. The molecule has 2 atom stereocenters. The Kier molecular flexibility index (Phi) is 5.03. The summed E-state index contributed by atoms with van der Waals surface area (Å²) in [5, 5.41) is 6.52. The fourth-order valence-electron chi connectivity index (χ4n) is 2.92. The van der Waals surface area contributed by atoms with Crippen molar-refractivity contribution in [3.8, 4) is 0 Å². The topological polar surface area (TPSA) is 105 Å². The average Bonchev–Trinajstić information content (AvgIpc) is 3.17. The summed E-state index contributed by atoms with van der Waals surface area (Å²) in [6.07, 6.45) is 0.0273. The first-order chi connectivity index (χ1) is 11.9. The van der Waals surface area contributed by atoms with E-state index in [0.29, 0.717) is 13.1 Å². The summed E-state index contributed by atoms with van der Waals surface area (Å²) >= 11 is 1.69. The number of hydrogen-bond donors (Lipinski definition) is 2. The van der Waals surface area contributed by atoms with Crippen LogP contribution >= 0.6 is 11.3 Å². The maximum Gasteiger partial charge on any atom is 0.322 e. The molecule has 1 fully saturated rings. The van der Waals surface area contributed by atoms with Crippen molar-refractivity contribution in [3.63, 3.8) is 0 Å². The number of carbonyl (C=O) groups is 4. The van der Waals surface area contributed by atoms with Gasteiger partial charge in [-0.3, -0.25) is 19.7 Å². The lowest BCUT2D eigenvalue weighted by atomic mass is 10.1. The number of rotatable bonds is 5. The van der Waals surface area contributed by atoms with Crippen molar-refractivity contribution in [2.75, 3.05) is 6.54 Å². The summed E-state index contributed by atoms with van der Waals surface area (Å²) in [5.74, 6) is -1.25. The van der Waals surface area contributed by atoms with Crippen LogP contribution in [0.1, 0.15) is 30.2 Å². The molecule has 0 saturated carbocycles. The minimum atomic E-state index is -0.875. The third kappa shape index (κ3) is 3.98. The number of fused-ring (bicyclic) bond motifs is 1. The Morgan fingerprint density at radius 2 is 2.24 bits per heavy atom. The summed E-state index contributed by atoms with van der Waals surface area (Å²) in [5.41, 5.74) is 1.14. The van der Waals surface area contributed by atoms with E-state index in [1.165, 1.54) is 4.88 Å². The molecule has 0 aromatic carbocycles. The molecule has 2 unspecified atom stereocenters. The van der Waals surface area contributed by atoms with E-state index in [2.05, 4.69) is 10.6 Å². The van der Waals surface area contributed by atoms with Gasteiger partial charge in [-0.15, -0.1) is 11.3 Å². The van der Waals surface area contributed by atoms with Crippen LogP contribution in [0.3, 0.4) is 0 Å². The number of esters is 1. The Labute approximate surface area is 148 Å². The highest BCUT2D eigenvalue weighted by Gasteiger charge is 2.31. The van der Waals surface area contributed by atoms with Crippen molar-refractivity contribution < 1.29 is 23.9 Å². The standard InChI is InChI=1S/C16H19N3O5S/c1-9(15(22)19-6-4-12-10(8-19)5-7-25-12)24-13(20)3-2-11-14(21)18-16(23)17-11/h5,7,9,11H,2-4,6,8H2,1H3,(H2,17,18,21,23). The number of imide groups is 1. The monoisotopic (exact) mass is 365 g/mol. The first-order valence-corrected chi connectivity index (χ1v) is 8.97. The molecule has 8 nitrogen and oxygen atoms in total. The largest absolute Gasteiger partial charge is 0.453 e. The van der Waals surface area contributed by atoms with Crippen LogP contribution in [0.25, 0.3) is 0 Å². The van der Waals surface area contributed by atoms with Gasteiger partial charge in [0.25, 0.3) is 11.8 Å². The minimum Gasteiger partial charge on any atom is -0.453 e. The summed E-state index contributed by atoms with van der Waals surface area (Å²) in [6.45, 7) is 2.70. The summed E-state index contributed by atoms with van der Waals surface area (Å²) in [7, 11) is 0. The molecule has 9 heteroatoms. The predicted octanol–water partition coefficient (Wildman–Crippen LogP) is 0.553. The summed E-state index contributed by atoms with van der Waals surface area (Å²) in [6, 6.07) is 0.715. The van der Waals surface area contributed by atoms with Crippen LogP contribution in [0.15, 0.2) is 11.4 Å². The molecule has 0 radical (unpaired) electrons. The fraction of sp³-hybridized carbons (Fsp3) is 0.500. The Bertz CT molecular complexity index is 716. The number of urea groups is 1. The second-order valence-corrected chi connectivity index (χ2v) is 7.07. The molecule has 3 rings (SSSR count). The van der Waals surface area contributed by atoms with Crippen LogP contribution < -0.4 is 10.6 Å². The van der Waals surface area contributed by atoms with Crippen molar-refractivity contribution >= 4 is 35.2 Å². The van der Waals surface area contributed by atoms with Crippen LogP contribution in [-0.2, 0) is 32.1 Å². The highest BCUT2D eigenvalue weighted by molar-refractivity contribution is 7.10. The average molecular weight is 365 g/mol. The number of ether oxygens (including phenoxy) is 1. The summed E-state index contributed by atoms with van der Waals surface area (Å²) < 4.78 is 5.18. The molecule has 1 saturated heterocycles. The Morgan fingerprint density at radius 3 is 2.96 bits per heavy atom. The van der Waals surface area contributed by atoms with Crippen LogP contribution in [0.5, 0.6) is 0 Å². The highest BCUT2D eigenvalue weighted by Crippen LogP contribution is 2.24. The van der Waals surface area contributed by atoms with Crippen molar-refractivity contribution in [1.29, 1.82) is 0 Å². The van der Waals surface area contributed by atoms with E-state index < -0.39 is 30.1 Å². The van der Waals surface area contributed by atoms with E-state index in [-0.39, 0.29) is 18.7 Å². The van der Waals surface area contributed by atoms with Crippen LogP contribution in [0.4, 0.5) is 4.79 Å². The molecule has 4 amide bonds. The molecular weight excluding hydrogens is 346 g/mol. The maximum absolute atomic E-state index is 12.5. The second-order valence-electron chi connectivity index (χ2n) is 6.06. The number of nitrogens with one attached hydrogen (secondary N) is 2. The molecule has 0 aliphatic carbocycles. The summed E-state index contributed by atoms with van der Waals surface area (Å²) in [4.78, 5) is 49.8. The zero-order valence-electron chi connectivity index (χ0n) is 13.7. The third-order valence-electron chi connectivity index (χ3n) is 4.27. The first kappa shape index (κ1) is 17.4. The van der Waals surface area contributed by atoms with Gasteiger partial charge in [-0.1, -0.05) is 0 Å². The minimum absolute atomic E-state index is 0.0509. The van der Waals surface area contributed by atoms with Gasteiger partial charge in [-0.25, -0.2) is 4.79 Å². The molecule has 2 aliphatic heterocycles. The van der Waals surface area contributed by atoms with Gasteiger partial charge >= 0.3 is 12.0 Å². The Hall–Kier alpha value is -2.42. The lowest BCUT2D eigenvalue weighted by molar-refractivity contribution is -0.159. The predicted molar refractivity (Wildman–Crippen MR) is 88.7 cm³/mol. The molecule has 25 heavy (non-hydrogen) atoms. The van der Waals surface area contributed by atoms with Crippen LogP contribution in [-0.4, -0.2) is 47.4 Å². The number of nitrogens with zero attached hydrogens (tertiary/aromatic N) is 1. The fourth-order valence-corrected chi connectivity index (χ4v) is 3.81. The van der Waals surface area contributed by atoms with Crippen LogP contribution in [0.2, 0.25) is 0 Å². The zero-order valence-corrected chi connectivity index (χ0v) is 14.6. The third-order valence-corrected chi connectivity index (χ3v) is 5.29. The molecular formula is C16H19N3O5S. The van der Waals surface area contributed by atoms with Gasteiger partial charge in [-0.05, 0) is 36.8 Å². The number of carbonyl (C=O) groups excluding carboxylic acids is 4. The quantitative estimate of drug-likeness (QED) is 0.586. The van der Waals surface area contributed by atoms with E-state index in [4.69, 9.17) is 4.74 Å². The molecule has 2 N–H and O–H groups in total. The van der Waals surface area contributed by atoms with E-state index >= 15 is 0 Å². The second kappa shape index (κ2) is 7.22. The number of hydrogen-bond acceptors (Lipinski definition) is 6. The lowest BCUT2D eigenvalue weighted by Crippen LogP contribution is -2.42. The van der Waals surface area contributed by atoms with Crippen molar-refractivity contribution in [3.05, 3.63) is 21.9 Å². The SMILES string of the molecule is CC(OC(=O)CCC1NC(=O)NC1=O)C(=O)N1CCc2sccc2C1. The highest BCUT2D eigenvalue weighted by atomic mass is 32.1. The molecule has 2 aliphatic rings. The number of amides is 4. The smallest absolute Gasteiger partial charge is 0.322 e. The van der Waals surface area contributed by atoms with Gasteiger partial charge in [0.05, 0.1) is 0 Å². The van der Waals surface area contributed by atoms with Crippen molar-refractivity contribution in [2.45, 2.75) is 44.9 Å². The van der Waals surface area contributed by atoms with Gasteiger partial charge in [0.1, 0.15) is 6.04 Å². The Balaban J connectivity index is 1.46. The van der Waals surface area contributed by atoms with Gasteiger partial charge in [0, 0.05) is 24.4 Å². The molecule has 134 valence electrons. The molecule has 1 aromatic rings. The number of thiophene rings is 1. The van der Waals surface area contributed by atoms with E-state index in [0.717, 1.165) is 12.0 Å². The molecule has 3 heterocycles. The van der Waals surface area contributed by atoms with Gasteiger partial charge in [0.15, 0.2) is 6.10 Å². The van der Waals surface area contributed by atoms with Crippen LogP contribution in [0, 0.1) is 0 Å². The van der Waals surface area contributed by atoms with Gasteiger partial charge < -0.3 is 15.0 Å². The molecule has 1 aromatic heterocycles. The lowest BCUT2D eigenvalue weighted by Gasteiger charge is -2.29.